The van der Waals surface area contributed by atoms with Crippen molar-refractivity contribution in [3.63, 3.8) is 0 Å². The Morgan fingerprint density at radius 3 is 3.00 bits per heavy atom. The van der Waals surface area contributed by atoms with E-state index < -0.39 is 0 Å². The van der Waals surface area contributed by atoms with Gasteiger partial charge in [0.15, 0.2) is 0 Å². The zero-order valence-electron chi connectivity index (χ0n) is 9.98. The molecule has 0 radical (unpaired) electrons. The van der Waals surface area contributed by atoms with Crippen molar-refractivity contribution in [1.82, 2.24) is 4.98 Å². The Hall–Kier alpha value is -1.60. The van der Waals surface area contributed by atoms with Crippen LogP contribution in [-0.4, -0.2) is 22.7 Å². The van der Waals surface area contributed by atoms with Gasteiger partial charge in [-0.05, 0) is 44.2 Å². The van der Waals surface area contributed by atoms with Crippen molar-refractivity contribution in [2.24, 2.45) is 5.92 Å². The van der Waals surface area contributed by atoms with E-state index in [0.717, 1.165) is 31.5 Å². The molecule has 4 heteroatoms. The van der Waals surface area contributed by atoms with Crippen LogP contribution in [0.5, 0.6) is 0 Å². The van der Waals surface area contributed by atoms with Crippen LogP contribution in [0.2, 0.25) is 0 Å². The summed E-state index contributed by atoms with van der Waals surface area (Å²) in [5, 5.41) is 21.6. The van der Waals surface area contributed by atoms with Crippen molar-refractivity contribution in [3.8, 4) is 6.07 Å². The van der Waals surface area contributed by atoms with E-state index in [1.54, 1.807) is 6.07 Å². The number of nitrogens with one attached hydrogen (secondary N) is 1. The van der Waals surface area contributed by atoms with Crippen LogP contribution in [0, 0.1) is 24.2 Å². The fourth-order valence-electron chi connectivity index (χ4n) is 2.26. The molecular formula is C13H17N3O. The number of hydrogen-bond acceptors (Lipinski definition) is 4. The summed E-state index contributed by atoms with van der Waals surface area (Å²) < 4.78 is 0. The molecule has 90 valence electrons. The van der Waals surface area contributed by atoms with E-state index >= 15 is 0 Å². The predicted octanol–water partition coefficient (Wildman–Crippen LogP) is 1.83. The first-order valence-electron chi connectivity index (χ1n) is 5.98. The second-order valence-corrected chi connectivity index (χ2v) is 4.67. The maximum Gasteiger partial charge on any atom is 0.144 e. The Balaban J connectivity index is 1.99. The summed E-state index contributed by atoms with van der Waals surface area (Å²) in [6.45, 7) is 2.69. The van der Waals surface area contributed by atoms with Crippen LogP contribution in [0.3, 0.4) is 0 Å². The maximum absolute atomic E-state index is 9.45. The van der Waals surface area contributed by atoms with Gasteiger partial charge in [-0.3, -0.25) is 0 Å². The quantitative estimate of drug-likeness (QED) is 0.832. The van der Waals surface area contributed by atoms with E-state index in [1.807, 2.05) is 13.0 Å². The molecule has 1 heterocycles. The van der Waals surface area contributed by atoms with Gasteiger partial charge in [0.1, 0.15) is 11.9 Å². The van der Waals surface area contributed by atoms with Crippen LogP contribution in [0.25, 0.3) is 0 Å². The molecule has 1 aliphatic rings. The van der Waals surface area contributed by atoms with Gasteiger partial charge in [-0.2, -0.15) is 5.26 Å². The third kappa shape index (κ3) is 2.95. The lowest BCUT2D eigenvalue weighted by Gasteiger charge is -2.12. The number of nitriles is 1. The van der Waals surface area contributed by atoms with Crippen molar-refractivity contribution in [1.29, 1.82) is 5.26 Å². The van der Waals surface area contributed by atoms with Crippen molar-refractivity contribution in [2.75, 3.05) is 11.9 Å². The average Bonchev–Trinajstić information content (AvgIpc) is 2.73. The lowest BCUT2D eigenvalue weighted by molar-refractivity contribution is 0.178. The molecule has 2 rings (SSSR count). The minimum Gasteiger partial charge on any atom is -0.393 e. The molecule has 1 aromatic rings. The number of nitrogens with zero attached hydrogens (tertiary/aromatic N) is 2. The molecule has 2 unspecified atom stereocenters. The standard InChI is InChI=1S/C13H17N3O/c1-9-2-4-11(7-14)13(16-9)15-8-10-3-5-12(17)6-10/h2,4,10,12,17H,3,5-6,8H2,1H3,(H,15,16). The molecule has 1 aromatic heterocycles. The lowest BCUT2D eigenvalue weighted by atomic mass is 10.1. The van der Waals surface area contributed by atoms with E-state index in [9.17, 15) is 5.11 Å². The Bertz CT molecular complexity index is 439. The number of anilines is 1. The minimum atomic E-state index is -0.150. The highest BCUT2D eigenvalue weighted by Crippen LogP contribution is 2.25. The van der Waals surface area contributed by atoms with Crippen LogP contribution in [0.15, 0.2) is 12.1 Å². The third-order valence-corrected chi connectivity index (χ3v) is 3.23. The van der Waals surface area contributed by atoms with Gasteiger partial charge in [-0.15, -0.1) is 0 Å². The SMILES string of the molecule is Cc1ccc(C#N)c(NCC2CCC(O)C2)n1. The Kier molecular flexibility index (Phi) is 3.60. The fourth-order valence-corrected chi connectivity index (χ4v) is 2.26. The molecule has 17 heavy (non-hydrogen) atoms. The van der Waals surface area contributed by atoms with Gasteiger partial charge in [-0.1, -0.05) is 0 Å². The number of hydrogen-bond donors (Lipinski definition) is 2. The van der Waals surface area contributed by atoms with Crippen LogP contribution in [-0.2, 0) is 0 Å². The molecule has 0 amide bonds. The molecule has 0 spiro atoms. The Morgan fingerprint density at radius 1 is 1.53 bits per heavy atom. The van der Waals surface area contributed by atoms with Crippen LogP contribution in [0.4, 0.5) is 5.82 Å². The first-order chi connectivity index (χ1) is 8.19. The number of aliphatic hydroxyl groups excluding tert-OH is 1. The van der Waals surface area contributed by atoms with Crippen molar-refractivity contribution < 1.29 is 5.11 Å². The summed E-state index contributed by atoms with van der Waals surface area (Å²) in [7, 11) is 0. The van der Waals surface area contributed by atoms with Crippen LogP contribution in [0.1, 0.15) is 30.5 Å². The average molecular weight is 231 g/mol. The summed E-state index contributed by atoms with van der Waals surface area (Å²) >= 11 is 0. The number of aryl methyl sites for hydroxylation is 1. The molecule has 0 aliphatic heterocycles. The Labute approximate surface area is 101 Å². The number of rotatable bonds is 3. The van der Waals surface area contributed by atoms with Crippen molar-refractivity contribution in [3.05, 3.63) is 23.4 Å². The highest BCUT2D eigenvalue weighted by molar-refractivity contribution is 5.52. The summed E-state index contributed by atoms with van der Waals surface area (Å²) in [4.78, 5) is 4.33. The second-order valence-electron chi connectivity index (χ2n) is 4.67. The van der Waals surface area contributed by atoms with E-state index in [1.165, 1.54) is 0 Å². The minimum absolute atomic E-state index is 0.150. The van der Waals surface area contributed by atoms with Gasteiger partial charge in [0, 0.05) is 12.2 Å². The molecule has 0 saturated heterocycles. The van der Waals surface area contributed by atoms with E-state index in [-0.39, 0.29) is 6.10 Å². The highest BCUT2D eigenvalue weighted by Gasteiger charge is 2.22. The lowest BCUT2D eigenvalue weighted by Crippen LogP contribution is -2.14. The summed E-state index contributed by atoms with van der Waals surface area (Å²) in [5.74, 6) is 1.15. The largest absolute Gasteiger partial charge is 0.393 e. The molecule has 1 saturated carbocycles. The van der Waals surface area contributed by atoms with Gasteiger partial charge in [0.2, 0.25) is 0 Å². The monoisotopic (exact) mass is 231 g/mol. The van der Waals surface area contributed by atoms with Gasteiger partial charge in [0.05, 0.1) is 11.7 Å². The first kappa shape index (κ1) is 11.9. The zero-order chi connectivity index (χ0) is 12.3. The summed E-state index contributed by atoms with van der Waals surface area (Å²) in [6.07, 6.45) is 2.63. The fraction of sp³-hybridized carbons (Fsp3) is 0.538. The molecule has 2 atom stereocenters. The molecule has 0 aromatic carbocycles. The van der Waals surface area contributed by atoms with Gasteiger partial charge in [0.25, 0.3) is 0 Å². The van der Waals surface area contributed by atoms with Gasteiger partial charge in [-0.25, -0.2) is 4.98 Å². The highest BCUT2D eigenvalue weighted by atomic mass is 16.3. The summed E-state index contributed by atoms with van der Waals surface area (Å²) in [5.41, 5.74) is 1.48. The molecular weight excluding hydrogens is 214 g/mol. The molecule has 1 fully saturated rings. The molecule has 1 aliphatic carbocycles. The number of aliphatic hydroxyl groups is 1. The Morgan fingerprint density at radius 2 is 2.35 bits per heavy atom. The van der Waals surface area contributed by atoms with Crippen molar-refractivity contribution in [2.45, 2.75) is 32.3 Å². The molecule has 4 nitrogen and oxygen atoms in total. The summed E-state index contributed by atoms with van der Waals surface area (Å²) in [6, 6.07) is 5.75. The number of pyridine rings is 1. The first-order valence-corrected chi connectivity index (χ1v) is 5.98. The number of aromatic nitrogens is 1. The smallest absolute Gasteiger partial charge is 0.144 e. The predicted molar refractivity (Wildman–Crippen MR) is 65.5 cm³/mol. The van der Waals surface area contributed by atoms with Crippen LogP contribution >= 0.6 is 0 Å². The maximum atomic E-state index is 9.45. The topological polar surface area (TPSA) is 68.9 Å². The van der Waals surface area contributed by atoms with E-state index in [0.29, 0.717) is 17.3 Å². The molecule has 0 bridgehead atoms. The van der Waals surface area contributed by atoms with Crippen molar-refractivity contribution >= 4 is 5.82 Å². The second kappa shape index (κ2) is 5.15. The van der Waals surface area contributed by atoms with Gasteiger partial charge < -0.3 is 10.4 Å². The third-order valence-electron chi connectivity index (χ3n) is 3.23. The van der Waals surface area contributed by atoms with E-state index in [2.05, 4.69) is 16.4 Å². The van der Waals surface area contributed by atoms with E-state index in [4.69, 9.17) is 5.26 Å². The van der Waals surface area contributed by atoms with Crippen LogP contribution < -0.4 is 5.32 Å². The normalized spacial score (nSPS) is 23.4. The zero-order valence-corrected chi connectivity index (χ0v) is 9.98. The molecule has 2 N–H and O–H groups in total. The van der Waals surface area contributed by atoms with Gasteiger partial charge >= 0.3 is 0 Å².